The number of aryl methyl sites for hydroxylation is 2. The Morgan fingerprint density at radius 2 is 1.83 bits per heavy atom. The molecule has 5 rings (SSSR count). The molecule has 0 bridgehead atoms. The van der Waals surface area contributed by atoms with E-state index in [2.05, 4.69) is 27.0 Å². The zero-order valence-electron chi connectivity index (χ0n) is 21.0. The number of hydrogen-bond acceptors (Lipinski definition) is 3. The highest BCUT2D eigenvalue weighted by atomic mass is 19.1. The van der Waals surface area contributed by atoms with Crippen LogP contribution in [0.5, 0.6) is 0 Å². The standard InChI is InChI=1S/C29H35FN4O2/c1-20-31-25-11-9-21(18-26(25)32-20)10-12-28(35)34-15-5-4-8-27(34)22-13-16-33(17-14-22)29(36)19-23-6-2-3-7-24(23)30/h2-3,6-7,9,11,18,22,27H,4-5,8,10,12-17,19H2,1H3,(H,31,32)/t27-/m0/s1. The number of fused-ring (bicyclic) bond motifs is 1. The van der Waals surface area contributed by atoms with E-state index < -0.39 is 0 Å². The molecule has 6 nitrogen and oxygen atoms in total. The normalized spacial score (nSPS) is 19.1. The van der Waals surface area contributed by atoms with E-state index in [1.807, 2.05) is 17.9 Å². The zero-order valence-corrected chi connectivity index (χ0v) is 21.0. The second kappa shape index (κ2) is 10.8. The molecule has 0 aliphatic carbocycles. The van der Waals surface area contributed by atoms with Crippen LogP contribution in [0.2, 0.25) is 0 Å². The van der Waals surface area contributed by atoms with Crippen LogP contribution in [0, 0.1) is 18.7 Å². The predicted molar refractivity (Wildman–Crippen MR) is 138 cm³/mol. The van der Waals surface area contributed by atoms with E-state index in [4.69, 9.17) is 0 Å². The Bertz CT molecular complexity index is 1230. The van der Waals surface area contributed by atoms with E-state index in [0.717, 1.165) is 67.5 Å². The summed E-state index contributed by atoms with van der Waals surface area (Å²) in [5.41, 5.74) is 3.58. The van der Waals surface area contributed by atoms with Crippen LogP contribution in [0.3, 0.4) is 0 Å². The first-order valence-corrected chi connectivity index (χ1v) is 13.2. The molecule has 2 saturated heterocycles. The number of H-pyrrole nitrogens is 1. The lowest BCUT2D eigenvalue weighted by atomic mass is 9.83. The smallest absolute Gasteiger partial charge is 0.227 e. The van der Waals surface area contributed by atoms with Crippen molar-refractivity contribution in [3.63, 3.8) is 0 Å². The van der Waals surface area contributed by atoms with Gasteiger partial charge in [0.2, 0.25) is 11.8 Å². The first-order chi connectivity index (χ1) is 17.5. The number of imidazole rings is 1. The van der Waals surface area contributed by atoms with Gasteiger partial charge in [0.25, 0.3) is 0 Å². The van der Waals surface area contributed by atoms with Gasteiger partial charge in [-0.15, -0.1) is 0 Å². The van der Waals surface area contributed by atoms with Crippen molar-refractivity contribution in [2.24, 2.45) is 5.92 Å². The van der Waals surface area contributed by atoms with Gasteiger partial charge in [0.1, 0.15) is 11.6 Å². The lowest BCUT2D eigenvalue weighted by Crippen LogP contribution is -2.51. The SMILES string of the molecule is Cc1nc2ccc(CCC(=O)N3CCCC[C@H]3C3CCN(C(=O)Cc4ccccc4F)CC3)cc2[nH]1. The monoisotopic (exact) mass is 490 g/mol. The fourth-order valence-corrected chi connectivity index (χ4v) is 5.94. The van der Waals surface area contributed by atoms with Crippen molar-refractivity contribution in [1.82, 2.24) is 19.8 Å². The van der Waals surface area contributed by atoms with Gasteiger partial charge in [-0.1, -0.05) is 24.3 Å². The quantitative estimate of drug-likeness (QED) is 0.539. The first kappa shape index (κ1) is 24.5. The lowest BCUT2D eigenvalue weighted by molar-refractivity contribution is -0.138. The largest absolute Gasteiger partial charge is 0.342 e. The number of amides is 2. The van der Waals surface area contributed by atoms with Crippen LogP contribution in [0.25, 0.3) is 11.0 Å². The minimum Gasteiger partial charge on any atom is -0.342 e. The number of piperidine rings is 2. The van der Waals surface area contributed by atoms with Gasteiger partial charge < -0.3 is 14.8 Å². The number of halogens is 1. The number of carbonyl (C=O) groups excluding carboxylic acids is 2. The number of nitrogens with one attached hydrogen (secondary N) is 1. The molecule has 2 amide bonds. The van der Waals surface area contributed by atoms with Crippen LogP contribution < -0.4 is 0 Å². The molecule has 1 N–H and O–H groups in total. The molecule has 0 spiro atoms. The molecule has 190 valence electrons. The minimum atomic E-state index is -0.323. The lowest BCUT2D eigenvalue weighted by Gasteiger charge is -2.44. The molecule has 36 heavy (non-hydrogen) atoms. The number of benzene rings is 2. The molecule has 2 aliphatic rings. The molecule has 0 unspecified atom stereocenters. The molecule has 2 fully saturated rings. The third-order valence-electron chi connectivity index (χ3n) is 7.90. The Kier molecular flexibility index (Phi) is 7.35. The second-order valence-corrected chi connectivity index (χ2v) is 10.3. The van der Waals surface area contributed by atoms with Gasteiger partial charge in [-0.25, -0.2) is 9.37 Å². The third-order valence-corrected chi connectivity index (χ3v) is 7.90. The van der Waals surface area contributed by atoms with Gasteiger partial charge in [0, 0.05) is 32.1 Å². The predicted octanol–water partition coefficient (Wildman–Crippen LogP) is 4.81. The fraction of sp³-hybridized carbons (Fsp3) is 0.483. The van der Waals surface area contributed by atoms with Crippen molar-refractivity contribution in [3.8, 4) is 0 Å². The summed E-state index contributed by atoms with van der Waals surface area (Å²) in [6.07, 6.45) is 6.38. The maximum Gasteiger partial charge on any atom is 0.227 e. The number of hydrogen-bond donors (Lipinski definition) is 1. The molecule has 7 heteroatoms. The number of aromatic nitrogens is 2. The van der Waals surface area contributed by atoms with Crippen molar-refractivity contribution in [2.75, 3.05) is 19.6 Å². The summed E-state index contributed by atoms with van der Waals surface area (Å²) in [4.78, 5) is 37.8. The average molecular weight is 491 g/mol. The van der Waals surface area contributed by atoms with Crippen LogP contribution in [-0.2, 0) is 22.4 Å². The Balaban J connectivity index is 1.15. The maximum absolute atomic E-state index is 14.0. The summed E-state index contributed by atoms with van der Waals surface area (Å²) < 4.78 is 14.0. The Hall–Kier alpha value is -3.22. The van der Waals surface area contributed by atoms with E-state index in [1.54, 1.807) is 18.2 Å². The highest BCUT2D eigenvalue weighted by Gasteiger charge is 2.35. The Morgan fingerprint density at radius 3 is 2.64 bits per heavy atom. The molecule has 3 heterocycles. The second-order valence-electron chi connectivity index (χ2n) is 10.3. The highest BCUT2D eigenvalue weighted by molar-refractivity contribution is 5.79. The summed E-state index contributed by atoms with van der Waals surface area (Å²) >= 11 is 0. The van der Waals surface area contributed by atoms with Gasteiger partial charge in [0.15, 0.2) is 0 Å². The molecule has 2 aromatic carbocycles. The van der Waals surface area contributed by atoms with Crippen LogP contribution in [-0.4, -0.2) is 57.3 Å². The van der Waals surface area contributed by atoms with Crippen LogP contribution in [0.4, 0.5) is 4.39 Å². The van der Waals surface area contributed by atoms with Gasteiger partial charge in [-0.2, -0.15) is 0 Å². The molecule has 2 aliphatic heterocycles. The fourth-order valence-electron chi connectivity index (χ4n) is 5.94. The average Bonchev–Trinajstić information content (AvgIpc) is 3.28. The topological polar surface area (TPSA) is 69.3 Å². The first-order valence-electron chi connectivity index (χ1n) is 13.2. The summed E-state index contributed by atoms with van der Waals surface area (Å²) in [6, 6.07) is 12.9. The third kappa shape index (κ3) is 5.45. The molecular weight excluding hydrogens is 455 g/mol. The zero-order chi connectivity index (χ0) is 25.1. The van der Waals surface area contributed by atoms with Crippen LogP contribution in [0.1, 0.15) is 55.5 Å². The molecule has 0 saturated carbocycles. The summed E-state index contributed by atoms with van der Waals surface area (Å²) in [5.74, 6) is 1.21. The van der Waals surface area contributed by atoms with Crippen molar-refractivity contribution < 1.29 is 14.0 Å². The van der Waals surface area contributed by atoms with E-state index in [9.17, 15) is 14.0 Å². The van der Waals surface area contributed by atoms with E-state index in [0.29, 0.717) is 31.0 Å². The maximum atomic E-state index is 14.0. The van der Waals surface area contributed by atoms with Gasteiger partial charge in [-0.3, -0.25) is 9.59 Å². The number of nitrogens with zero attached hydrogens (tertiary/aromatic N) is 3. The van der Waals surface area contributed by atoms with E-state index in [-0.39, 0.29) is 30.1 Å². The van der Waals surface area contributed by atoms with Crippen molar-refractivity contribution >= 4 is 22.8 Å². The number of carbonyl (C=O) groups is 2. The van der Waals surface area contributed by atoms with Gasteiger partial charge >= 0.3 is 0 Å². The Labute approximate surface area is 211 Å². The number of aromatic amines is 1. The summed E-state index contributed by atoms with van der Waals surface area (Å²) in [7, 11) is 0. The van der Waals surface area contributed by atoms with Gasteiger partial charge in [0.05, 0.1) is 17.5 Å². The summed E-state index contributed by atoms with van der Waals surface area (Å²) in [5, 5.41) is 0. The van der Waals surface area contributed by atoms with Gasteiger partial charge in [-0.05, 0) is 80.7 Å². The Morgan fingerprint density at radius 1 is 1.03 bits per heavy atom. The molecule has 1 aromatic heterocycles. The number of rotatable bonds is 6. The highest BCUT2D eigenvalue weighted by Crippen LogP contribution is 2.31. The van der Waals surface area contributed by atoms with E-state index in [1.165, 1.54) is 6.07 Å². The minimum absolute atomic E-state index is 0.0143. The van der Waals surface area contributed by atoms with Crippen LogP contribution in [0.15, 0.2) is 42.5 Å². The molecule has 1 atom stereocenters. The molecular formula is C29H35FN4O2. The summed E-state index contributed by atoms with van der Waals surface area (Å²) in [6.45, 7) is 4.14. The van der Waals surface area contributed by atoms with Crippen molar-refractivity contribution in [3.05, 3.63) is 65.2 Å². The van der Waals surface area contributed by atoms with E-state index >= 15 is 0 Å². The van der Waals surface area contributed by atoms with Crippen LogP contribution >= 0.6 is 0 Å². The molecule has 0 radical (unpaired) electrons. The van der Waals surface area contributed by atoms with Crippen molar-refractivity contribution in [2.45, 2.75) is 64.3 Å². The van der Waals surface area contributed by atoms with Crippen molar-refractivity contribution in [1.29, 1.82) is 0 Å². The molecule has 3 aromatic rings. The number of likely N-dealkylation sites (tertiary alicyclic amines) is 2.